The van der Waals surface area contributed by atoms with Crippen LogP contribution in [-0.2, 0) is 0 Å². The van der Waals surface area contributed by atoms with Crippen molar-refractivity contribution in [2.24, 2.45) is 5.73 Å². The maximum absolute atomic E-state index is 7.49. The van der Waals surface area contributed by atoms with Gasteiger partial charge in [0.15, 0.2) is 0 Å². The number of hydrogen-bond donors (Lipinski definition) is 2. The minimum atomic E-state index is 0.111. The first kappa shape index (κ1) is 15.3. The summed E-state index contributed by atoms with van der Waals surface area (Å²) in [5, 5.41) is 7.49. The smallest absolute Gasteiger partial charge is 0.122 e. The average Bonchev–Trinajstić information content (AvgIpc) is 2.89. The lowest BCUT2D eigenvalue weighted by Crippen LogP contribution is -2.37. The van der Waals surface area contributed by atoms with Crippen LogP contribution in [0.2, 0.25) is 0 Å². The molecule has 3 N–H and O–H groups in total. The number of likely N-dealkylation sites (N-methyl/N-ethyl adjacent to an activating group) is 1. The third-order valence-corrected chi connectivity index (χ3v) is 4.73. The highest BCUT2D eigenvalue weighted by Crippen LogP contribution is 2.31. The molecule has 0 bridgehead atoms. The minimum Gasteiger partial charge on any atom is -0.384 e. The summed E-state index contributed by atoms with van der Waals surface area (Å²) >= 11 is 3.61. The lowest BCUT2D eigenvalue weighted by Gasteiger charge is -2.27. The topological polar surface area (TPSA) is 56.4 Å². The van der Waals surface area contributed by atoms with Crippen molar-refractivity contribution < 1.29 is 0 Å². The molecule has 1 aromatic rings. The largest absolute Gasteiger partial charge is 0.384 e. The first-order chi connectivity index (χ1) is 9.56. The van der Waals surface area contributed by atoms with Gasteiger partial charge in [-0.05, 0) is 53.6 Å². The summed E-state index contributed by atoms with van der Waals surface area (Å²) < 4.78 is 1.02. The van der Waals surface area contributed by atoms with Gasteiger partial charge in [-0.15, -0.1) is 0 Å². The highest BCUT2D eigenvalue weighted by molar-refractivity contribution is 9.10. The van der Waals surface area contributed by atoms with Crippen molar-refractivity contribution in [3.05, 3.63) is 28.2 Å². The molecule has 20 heavy (non-hydrogen) atoms. The van der Waals surface area contributed by atoms with E-state index in [1.807, 2.05) is 12.1 Å². The molecule has 5 heteroatoms. The lowest BCUT2D eigenvalue weighted by atomic mass is 10.2. The molecule has 1 aromatic carbocycles. The quantitative estimate of drug-likeness (QED) is 0.641. The van der Waals surface area contributed by atoms with Crippen LogP contribution in [0.15, 0.2) is 22.7 Å². The Hall–Kier alpha value is -1.07. The van der Waals surface area contributed by atoms with Crippen LogP contribution < -0.4 is 10.6 Å². The SMILES string of the molecule is CCN(CC)C1CCN(c2ccc(C(=N)N)cc2Br)C1. The number of nitrogen functional groups attached to an aromatic ring is 1. The van der Waals surface area contributed by atoms with Gasteiger partial charge in [0.25, 0.3) is 0 Å². The van der Waals surface area contributed by atoms with E-state index in [4.69, 9.17) is 11.1 Å². The predicted molar refractivity (Wildman–Crippen MR) is 88.7 cm³/mol. The van der Waals surface area contributed by atoms with Crippen LogP contribution in [-0.4, -0.2) is 43.0 Å². The van der Waals surface area contributed by atoms with E-state index in [2.05, 4.69) is 45.6 Å². The summed E-state index contributed by atoms with van der Waals surface area (Å²) in [6.07, 6.45) is 1.21. The molecule has 0 aromatic heterocycles. The van der Waals surface area contributed by atoms with Crippen molar-refractivity contribution in [3.63, 3.8) is 0 Å². The maximum atomic E-state index is 7.49. The second-order valence-corrected chi connectivity index (χ2v) is 6.04. The highest BCUT2D eigenvalue weighted by atomic mass is 79.9. The zero-order valence-corrected chi connectivity index (χ0v) is 13.8. The molecule has 2 rings (SSSR count). The number of nitrogens with two attached hydrogens (primary N) is 1. The van der Waals surface area contributed by atoms with Gasteiger partial charge in [0.1, 0.15) is 5.84 Å². The first-order valence-corrected chi connectivity index (χ1v) is 7.99. The van der Waals surface area contributed by atoms with Crippen LogP contribution in [0.5, 0.6) is 0 Å². The van der Waals surface area contributed by atoms with Gasteiger partial charge in [0.05, 0.1) is 5.69 Å². The van der Waals surface area contributed by atoms with E-state index in [-0.39, 0.29) is 5.84 Å². The standard InChI is InChI=1S/C15H23BrN4/c1-3-19(4-2)12-7-8-20(10-12)14-6-5-11(15(17)18)9-13(14)16/h5-6,9,12H,3-4,7-8,10H2,1-2H3,(H3,17,18). The number of benzene rings is 1. The van der Waals surface area contributed by atoms with Gasteiger partial charge in [-0.3, -0.25) is 10.3 Å². The van der Waals surface area contributed by atoms with Crippen LogP contribution in [0.3, 0.4) is 0 Å². The van der Waals surface area contributed by atoms with Gasteiger partial charge in [-0.1, -0.05) is 13.8 Å². The molecule has 0 radical (unpaired) electrons. The molecule has 0 aliphatic carbocycles. The average molecular weight is 339 g/mol. The van der Waals surface area contributed by atoms with Crippen molar-refractivity contribution in [2.45, 2.75) is 26.3 Å². The minimum absolute atomic E-state index is 0.111. The van der Waals surface area contributed by atoms with Crippen molar-refractivity contribution in [1.82, 2.24) is 4.90 Å². The molecule has 0 saturated carbocycles. The zero-order chi connectivity index (χ0) is 14.7. The van der Waals surface area contributed by atoms with E-state index in [0.717, 1.165) is 36.2 Å². The zero-order valence-electron chi connectivity index (χ0n) is 12.2. The van der Waals surface area contributed by atoms with Gasteiger partial charge in [0.2, 0.25) is 0 Å². The number of amidine groups is 1. The van der Waals surface area contributed by atoms with E-state index in [9.17, 15) is 0 Å². The molecular weight excluding hydrogens is 316 g/mol. The van der Waals surface area contributed by atoms with E-state index in [0.29, 0.717) is 6.04 Å². The first-order valence-electron chi connectivity index (χ1n) is 7.19. The molecule has 1 heterocycles. The van der Waals surface area contributed by atoms with Crippen molar-refractivity contribution in [1.29, 1.82) is 5.41 Å². The highest BCUT2D eigenvalue weighted by Gasteiger charge is 2.27. The Balaban J connectivity index is 2.12. The number of nitrogens with zero attached hydrogens (tertiary/aromatic N) is 2. The van der Waals surface area contributed by atoms with Crippen molar-refractivity contribution in [2.75, 3.05) is 31.1 Å². The third-order valence-electron chi connectivity index (χ3n) is 4.09. The normalized spacial score (nSPS) is 18.8. The summed E-state index contributed by atoms with van der Waals surface area (Å²) in [5.74, 6) is 0.111. The summed E-state index contributed by atoms with van der Waals surface area (Å²) in [4.78, 5) is 4.94. The lowest BCUT2D eigenvalue weighted by molar-refractivity contribution is 0.232. The number of rotatable bonds is 5. The van der Waals surface area contributed by atoms with Crippen molar-refractivity contribution >= 4 is 27.5 Å². The number of nitrogens with one attached hydrogen (secondary N) is 1. The number of hydrogen-bond acceptors (Lipinski definition) is 3. The summed E-state index contributed by atoms with van der Waals surface area (Å²) in [6.45, 7) is 8.82. The van der Waals surface area contributed by atoms with Gasteiger partial charge >= 0.3 is 0 Å². The summed E-state index contributed by atoms with van der Waals surface area (Å²) in [5.41, 5.74) is 7.49. The molecule has 1 aliphatic rings. The van der Waals surface area contributed by atoms with E-state index >= 15 is 0 Å². The Morgan fingerprint density at radius 1 is 1.45 bits per heavy atom. The maximum Gasteiger partial charge on any atom is 0.122 e. The molecule has 0 amide bonds. The molecule has 1 atom stereocenters. The molecule has 110 valence electrons. The van der Waals surface area contributed by atoms with Gasteiger partial charge in [-0.25, -0.2) is 0 Å². The fourth-order valence-electron chi connectivity index (χ4n) is 2.93. The van der Waals surface area contributed by atoms with Crippen LogP contribution in [0.4, 0.5) is 5.69 Å². The van der Waals surface area contributed by atoms with Gasteiger partial charge in [-0.2, -0.15) is 0 Å². The van der Waals surface area contributed by atoms with Crippen LogP contribution in [0, 0.1) is 5.41 Å². The number of anilines is 1. The van der Waals surface area contributed by atoms with E-state index < -0.39 is 0 Å². The third kappa shape index (κ3) is 3.15. The molecule has 0 spiro atoms. The number of halogens is 1. The second kappa shape index (κ2) is 6.59. The summed E-state index contributed by atoms with van der Waals surface area (Å²) in [7, 11) is 0. The van der Waals surface area contributed by atoms with E-state index in [1.54, 1.807) is 0 Å². The molecular formula is C15H23BrN4. The van der Waals surface area contributed by atoms with Crippen LogP contribution in [0.1, 0.15) is 25.8 Å². The summed E-state index contributed by atoms with van der Waals surface area (Å²) in [6, 6.07) is 6.56. The molecule has 1 unspecified atom stereocenters. The predicted octanol–water partition coefficient (Wildman–Crippen LogP) is 2.65. The fraction of sp³-hybridized carbons (Fsp3) is 0.533. The van der Waals surface area contributed by atoms with Crippen LogP contribution in [0.25, 0.3) is 0 Å². The monoisotopic (exact) mass is 338 g/mol. The Kier molecular flexibility index (Phi) is 5.05. The Morgan fingerprint density at radius 3 is 2.70 bits per heavy atom. The molecule has 4 nitrogen and oxygen atoms in total. The fourth-order valence-corrected chi connectivity index (χ4v) is 3.56. The molecule has 1 saturated heterocycles. The van der Waals surface area contributed by atoms with Crippen LogP contribution >= 0.6 is 15.9 Å². The van der Waals surface area contributed by atoms with Gasteiger partial charge < -0.3 is 10.6 Å². The Labute approximate surface area is 129 Å². The molecule has 1 fully saturated rings. The Bertz CT molecular complexity index is 485. The van der Waals surface area contributed by atoms with Gasteiger partial charge in [0, 0.05) is 29.2 Å². The Morgan fingerprint density at radius 2 is 2.15 bits per heavy atom. The molecule has 1 aliphatic heterocycles. The van der Waals surface area contributed by atoms with Crippen molar-refractivity contribution in [3.8, 4) is 0 Å². The van der Waals surface area contributed by atoms with E-state index in [1.165, 1.54) is 12.1 Å². The second-order valence-electron chi connectivity index (χ2n) is 5.19.